The van der Waals surface area contributed by atoms with E-state index in [4.69, 9.17) is 9.47 Å². The normalized spacial score (nSPS) is 14.1. The van der Waals surface area contributed by atoms with E-state index < -0.39 is 22.0 Å². The molecule has 0 unspecified atom stereocenters. The van der Waals surface area contributed by atoms with E-state index in [9.17, 15) is 22.8 Å². The first kappa shape index (κ1) is 26.1. The molecule has 2 aromatic rings. The average Bonchev–Trinajstić information content (AvgIpc) is 2.85. The summed E-state index contributed by atoms with van der Waals surface area (Å²) < 4.78 is 36.9. The number of hydrogen-bond acceptors (Lipinski definition) is 8. The molecule has 3 rings (SSSR count). The summed E-state index contributed by atoms with van der Waals surface area (Å²) in [6.07, 6.45) is 5.26. The molecule has 3 amide bonds. The second kappa shape index (κ2) is 12.3. The first-order valence-electron chi connectivity index (χ1n) is 11.2. The lowest BCUT2D eigenvalue weighted by molar-refractivity contribution is -0.120. The molecule has 1 aromatic heterocycles. The lowest BCUT2D eigenvalue weighted by atomic mass is 9.88. The number of methoxy groups -OCH3 is 1. The van der Waals surface area contributed by atoms with Crippen LogP contribution in [0.25, 0.3) is 0 Å². The maximum absolute atomic E-state index is 12.6. The number of anilines is 1. The Bertz CT molecular complexity index is 1130. The van der Waals surface area contributed by atoms with Crippen molar-refractivity contribution >= 4 is 33.6 Å². The number of nitrogens with zero attached hydrogens (tertiary/aromatic N) is 1. The molecule has 35 heavy (non-hydrogen) atoms. The Balaban J connectivity index is 1.55. The summed E-state index contributed by atoms with van der Waals surface area (Å²) in [5.41, 5.74) is 0.439. The summed E-state index contributed by atoms with van der Waals surface area (Å²) >= 11 is 0. The summed E-state index contributed by atoms with van der Waals surface area (Å²) in [4.78, 5) is 40.1. The van der Waals surface area contributed by atoms with Gasteiger partial charge in [-0.15, -0.1) is 0 Å². The van der Waals surface area contributed by atoms with E-state index in [1.54, 1.807) is 0 Å². The number of ether oxygens (including phenoxy) is 2. The minimum Gasteiger partial charge on any atom is -0.391 e. The quantitative estimate of drug-likeness (QED) is 0.440. The van der Waals surface area contributed by atoms with Gasteiger partial charge in [0.15, 0.2) is 0 Å². The number of rotatable bonds is 9. The van der Waals surface area contributed by atoms with Crippen LogP contribution in [0.15, 0.2) is 47.5 Å². The molecule has 0 saturated heterocycles. The minimum atomic E-state index is -4.16. The van der Waals surface area contributed by atoms with Crippen LogP contribution in [0, 0.1) is 5.92 Å². The van der Waals surface area contributed by atoms with Gasteiger partial charge < -0.3 is 20.1 Å². The van der Waals surface area contributed by atoms with Gasteiger partial charge in [0, 0.05) is 37.5 Å². The Kier molecular flexibility index (Phi) is 9.15. The number of benzene rings is 1. The molecule has 0 radical (unpaired) electrons. The monoisotopic (exact) mass is 504 g/mol. The highest BCUT2D eigenvalue weighted by Gasteiger charge is 2.22. The second-order valence-corrected chi connectivity index (χ2v) is 9.66. The molecule has 0 bridgehead atoms. The molecule has 11 nitrogen and oxygen atoms in total. The summed E-state index contributed by atoms with van der Waals surface area (Å²) in [6, 6.07) is 8.12. The van der Waals surface area contributed by atoms with Crippen LogP contribution < -0.4 is 20.1 Å². The molecule has 0 aliphatic heterocycles. The van der Waals surface area contributed by atoms with Crippen molar-refractivity contribution in [2.75, 3.05) is 25.6 Å². The fraction of sp³-hybridized carbons (Fsp3) is 0.391. The zero-order valence-corrected chi connectivity index (χ0v) is 20.1. The van der Waals surface area contributed by atoms with Gasteiger partial charge in [-0.25, -0.2) is 22.9 Å². The molecule has 1 heterocycles. The number of carbonyl (C=O) groups is 3. The van der Waals surface area contributed by atoms with Gasteiger partial charge in [0.25, 0.3) is 15.9 Å². The third-order valence-corrected chi connectivity index (χ3v) is 6.75. The van der Waals surface area contributed by atoms with Crippen molar-refractivity contribution in [3.05, 3.63) is 48.2 Å². The van der Waals surface area contributed by atoms with Gasteiger partial charge in [0.2, 0.25) is 11.8 Å². The van der Waals surface area contributed by atoms with Gasteiger partial charge in [-0.3, -0.25) is 9.59 Å². The minimum absolute atomic E-state index is 0.0260. The van der Waals surface area contributed by atoms with Gasteiger partial charge in [-0.05, 0) is 43.2 Å². The van der Waals surface area contributed by atoms with Crippen molar-refractivity contribution < 1.29 is 32.3 Å². The van der Waals surface area contributed by atoms with Crippen LogP contribution in [0.4, 0.5) is 10.5 Å². The lowest BCUT2D eigenvalue weighted by Gasteiger charge is -2.20. The SMILES string of the molecule is COCCNC(=O)Oc1ccc(C(=O)NS(=O)(=O)c2ccc(NC(=O)C3CCCCC3)cc2)cn1. The molecule has 188 valence electrons. The van der Waals surface area contributed by atoms with E-state index in [0.29, 0.717) is 12.3 Å². The molecular weight excluding hydrogens is 476 g/mol. The zero-order chi connectivity index (χ0) is 25.3. The number of aromatic nitrogens is 1. The van der Waals surface area contributed by atoms with Crippen LogP contribution >= 0.6 is 0 Å². The molecular formula is C23H28N4O7S. The van der Waals surface area contributed by atoms with Crippen molar-refractivity contribution in [2.45, 2.75) is 37.0 Å². The molecule has 1 aliphatic rings. The summed E-state index contributed by atoms with van der Waals surface area (Å²) in [7, 11) is -2.67. The first-order chi connectivity index (χ1) is 16.8. The van der Waals surface area contributed by atoms with Crippen molar-refractivity contribution in [3.63, 3.8) is 0 Å². The maximum atomic E-state index is 12.6. The molecule has 1 aromatic carbocycles. The topological polar surface area (TPSA) is 153 Å². The fourth-order valence-corrected chi connectivity index (χ4v) is 4.50. The molecule has 1 fully saturated rings. The Morgan fingerprint density at radius 2 is 1.74 bits per heavy atom. The predicted octanol–water partition coefficient (Wildman–Crippen LogP) is 2.45. The fourth-order valence-electron chi connectivity index (χ4n) is 3.53. The van der Waals surface area contributed by atoms with Gasteiger partial charge >= 0.3 is 6.09 Å². The average molecular weight is 505 g/mol. The smallest absolute Gasteiger partial charge is 0.391 e. The Morgan fingerprint density at radius 1 is 1.03 bits per heavy atom. The third-order valence-electron chi connectivity index (χ3n) is 5.41. The molecule has 3 N–H and O–H groups in total. The number of sulfonamides is 1. The van der Waals surface area contributed by atoms with Gasteiger partial charge in [0.1, 0.15) is 0 Å². The number of nitrogens with one attached hydrogen (secondary N) is 3. The van der Waals surface area contributed by atoms with Crippen molar-refractivity contribution in [2.24, 2.45) is 5.92 Å². The highest BCUT2D eigenvalue weighted by molar-refractivity contribution is 7.90. The van der Waals surface area contributed by atoms with E-state index in [1.807, 2.05) is 4.72 Å². The molecule has 1 saturated carbocycles. The van der Waals surface area contributed by atoms with E-state index in [-0.39, 0.29) is 34.7 Å². The van der Waals surface area contributed by atoms with Crippen molar-refractivity contribution in [3.8, 4) is 5.88 Å². The first-order valence-corrected chi connectivity index (χ1v) is 12.7. The second-order valence-electron chi connectivity index (χ2n) is 7.98. The zero-order valence-electron chi connectivity index (χ0n) is 19.3. The molecule has 12 heteroatoms. The van der Waals surface area contributed by atoms with Crippen molar-refractivity contribution in [1.82, 2.24) is 15.0 Å². The highest BCUT2D eigenvalue weighted by atomic mass is 32.2. The number of carbonyl (C=O) groups excluding carboxylic acids is 3. The maximum Gasteiger partial charge on any atom is 0.414 e. The van der Waals surface area contributed by atoms with Crippen LogP contribution in [-0.2, 0) is 19.6 Å². The third kappa shape index (κ3) is 7.76. The van der Waals surface area contributed by atoms with Crippen LogP contribution in [0.5, 0.6) is 5.88 Å². The van der Waals surface area contributed by atoms with Crippen molar-refractivity contribution in [1.29, 1.82) is 0 Å². The van der Waals surface area contributed by atoms with Crippen LogP contribution in [0.3, 0.4) is 0 Å². The highest BCUT2D eigenvalue weighted by Crippen LogP contribution is 2.25. The Hall–Kier alpha value is -3.51. The predicted molar refractivity (Wildman–Crippen MR) is 126 cm³/mol. The largest absolute Gasteiger partial charge is 0.414 e. The van der Waals surface area contributed by atoms with Crippen LogP contribution in [0.2, 0.25) is 0 Å². The molecule has 0 atom stereocenters. The van der Waals surface area contributed by atoms with E-state index >= 15 is 0 Å². The standard InChI is InChI=1S/C23H28N4O7S/c1-33-14-13-24-23(30)34-20-12-7-17(15-25-20)22(29)27-35(31,32)19-10-8-18(9-11-19)26-21(28)16-5-3-2-4-6-16/h7-12,15-16H,2-6,13-14H2,1H3,(H,24,30)(H,26,28)(H,27,29). The number of hydrogen-bond donors (Lipinski definition) is 3. The van der Waals surface area contributed by atoms with E-state index in [2.05, 4.69) is 15.6 Å². The lowest BCUT2D eigenvalue weighted by Crippen LogP contribution is -2.31. The van der Waals surface area contributed by atoms with E-state index in [1.165, 1.54) is 43.5 Å². The van der Waals surface area contributed by atoms with E-state index in [0.717, 1.165) is 38.3 Å². The van der Waals surface area contributed by atoms with Crippen LogP contribution in [0.1, 0.15) is 42.5 Å². The van der Waals surface area contributed by atoms with Gasteiger partial charge in [-0.1, -0.05) is 19.3 Å². The number of amides is 3. The Morgan fingerprint density at radius 3 is 2.37 bits per heavy atom. The Labute approximate surface area is 203 Å². The summed E-state index contributed by atoms with van der Waals surface area (Å²) in [5.74, 6) is -1.06. The molecule has 1 aliphatic carbocycles. The van der Waals surface area contributed by atoms with Crippen LogP contribution in [-0.4, -0.2) is 51.6 Å². The van der Waals surface area contributed by atoms with Gasteiger partial charge in [0.05, 0.1) is 17.1 Å². The summed E-state index contributed by atoms with van der Waals surface area (Å²) in [5, 5.41) is 5.26. The summed E-state index contributed by atoms with van der Waals surface area (Å²) in [6.45, 7) is 0.565. The number of pyridine rings is 1. The molecule has 0 spiro atoms. The van der Waals surface area contributed by atoms with Gasteiger partial charge in [-0.2, -0.15) is 0 Å².